The molecule has 1 aliphatic rings. The van der Waals surface area contributed by atoms with Gasteiger partial charge in [-0.3, -0.25) is 0 Å². The molecule has 0 aromatic carbocycles. The monoisotopic (exact) mass is 236 g/mol. The summed E-state index contributed by atoms with van der Waals surface area (Å²) in [7, 11) is -1.61. The maximum Gasteiger partial charge on any atom is 0.215 e. The quantitative estimate of drug-likeness (QED) is 0.547. The lowest BCUT2D eigenvalue weighted by molar-refractivity contribution is 0.0963. The molecule has 0 radical (unpaired) electrons. The van der Waals surface area contributed by atoms with E-state index in [-0.39, 0.29) is 5.75 Å². The second-order valence-electron chi connectivity index (χ2n) is 4.00. The van der Waals surface area contributed by atoms with Crippen LogP contribution in [0.2, 0.25) is 0 Å². The zero-order valence-electron chi connectivity index (χ0n) is 9.40. The molecule has 1 N–H and O–H groups in total. The van der Waals surface area contributed by atoms with Crippen LogP contribution in [0.25, 0.3) is 0 Å². The zero-order chi connectivity index (χ0) is 11.3. The van der Waals surface area contributed by atoms with Crippen molar-refractivity contribution < 1.29 is 13.3 Å². The van der Waals surface area contributed by atoms with Gasteiger partial charge in [-0.05, 0) is 18.8 Å². The van der Waals surface area contributed by atoms with Crippen LogP contribution in [-0.2, 0) is 14.9 Å². The van der Waals surface area contributed by atoms with Crippen LogP contribution in [0.3, 0.4) is 0 Å². The second-order valence-corrected chi connectivity index (χ2v) is 6.08. The van der Waals surface area contributed by atoms with Crippen molar-refractivity contribution >= 4 is 10.0 Å². The van der Waals surface area contributed by atoms with Gasteiger partial charge in [0.2, 0.25) is 10.0 Å². The second kappa shape index (κ2) is 5.79. The van der Waals surface area contributed by atoms with Crippen molar-refractivity contribution in [2.24, 2.45) is 5.92 Å². The molecule has 0 saturated carbocycles. The Balaban J connectivity index is 2.40. The van der Waals surface area contributed by atoms with Crippen molar-refractivity contribution in [1.29, 1.82) is 0 Å². The largest absolute Gasteiger partial charge is 0.305 e. The molecule has 1 saturated heterocycles. The summed E-state index contributed by atoms with van der Waals surface area (Å²) in [6.07, 6.45) is 1.94. The summed E-state index contributed by atoms with van der Waals surface area (Å²) in [6, 6.07) is 0. The van der Waals surface area contributed by atoms with E-state index in [1.54, 1.807) is 4.31 Å². The van der Waals surface area contributed by atoms with Crippen molar-refractivity contribution in [3.63, 3.8) is 0 Å². The Bertz CT molecular complexity index is 271. The molecule has 5 nitrogen and oxygen atoms in total. The maximum absolute atomic E-state index is 11.8. The number of rotatable bonds is 5. The lowest BCUT2D eigenvalue weighted by atomic mass is 10.0. The molecule has 0 aliphatic carbocycles. The van der Waals surface area contributed by atoms with E-state index in [1.807, 2.05) is 0 Å². The topological polar surface area (TPSA) is 58.6 Å². The Hall–Kier alpha value is -0.170. The molecule has 0 amide bonds. The van der Waals surface area contributed by atoms with Crippen molar-refractivity contribution in [3.05, 3.63) is 0 Å². The third kappa shape index (κ3) is 4.06. The summed E-state index contributed by atoms with van der Waals surface area (Å²) in [6.45, 7) is 3.83. The van der Waals surface area contributed by atoms with Crippen LogP contribution in [-0.4, -0.2) is 45.2 Å². The molecular formula is C9H20N2O3S. The van der Waals surface area contributed by atoms with Gasteiger partial charge in [0, 0.05) is 19.6 Å². The predicted molar refractivity (Wildman–Crippen MR) is 58.8 cm³/mol. The minimum atomic E-state index is -3.09. The third-order valence-corrected chi connectivity index (χ3v) is 4.61. The molecule has 0 aromatic heterocycles. The van der Waals surface area contributed by atoms with Crippen LogP contribution in [0.4, 0.5) is 0 Å². The first-order valence-electron chi connectivity index (χ1n) is 5.30. The average Bonchev–Trinajstić information content (AvgIpc) is 2.18. The van der Waals surface area contributed by atoms with Gasteiger partial charge < -0.3 is 4.84 Å². The molecule has 0 aromatic rings. The summed E-state index contributed by atoms with van der Waals surface area (Å²) in [5.74, 6) is 0.753. The highest BCUT2D eigenvalue weighted by Crippen LogP contribution is 2.18. The zero-order valence-corrected chi connectivity index (χ0v) is 10.2. The smallest absolute Gasteiger partial charge is 0.215 e. The molecule has 0 unspecified atom stereocenters. The number of nitrogens with one attached hydrogen (secondary N) is 1. The molecule has 0 atom stereocenters. The molecule has 6 heteroatoms. The summed E-state index contributed by atoms with van der Waals surface area (Å²) in [4.78, 5) is 4.61. The van der Waals surface area contributed by atoms with Gasteiger partial charge in [-0.2, -0.15) is 0 Å². The Morgan fingerprint density at radius 3 is 2.53 bits per heavy atom. The van der Waals surface area contributed by atoms with Gasteiger partial charge in [-0.1, -0.05) is 6.92 Å². The van der Waals surface area contributed by atoms with Crippen molar-refractivity contribution in [2.75, 3.05) is 32.5 Å². The molecule has 0 bridgehead atoms. The fraction of sp³-hybridized carbons (Fsp3) is 1.00. The fourth-order valence-corrected chi connectivity index (χ4v) is 3.03. The van der Waals surface area contributed by atoms with Gasteiger partial charge in [-0.25, -0.2) is 18.2 Å². The number of hydrogen-bond acceptors (Lipinski definition) is 4. The van der Waals surface area contributed by atoms with E-state index >= 15 is 0 Å². The first kappa shape index (κ1) is 12.9. The first-order valence-corrected chi connectivity index (χ1v) is 6.91. The molecule has 1 fully saturated rings. The van der Waals surface area contributed by atoms with E-state index in [0.717, 1.165) is 12.8 Å². The van der Waals surface area contributed by atoms with E-state index in [4.69, 9.17) is 0 Å². The molecular weight excluding hydrogens is 216 g/mol. The van der Waals surface area contributed by atoms with Crippen LogP contribution < -0.4 is 5.48 Å². The predicted octanol–water partition coefficient (Wildman–Crippen LogP) is 0.199. The summed E-state index contributed by atoms with van der Waals surface area (Å²) < 4.78 is 25.2. The highest BCUT2D eigenvalue weighted by atomic mass is 32.2. The van der Waals surface area contributed by atoms with Crippen molar-refractivity contribution in [1.82, 2.24) is 9.79 Å². The highest BCUT2D eigenvalue weighted by Gasteiger charge is 2.25. The third-order valence-electron chi connectivity index (χ3n) is 2.74. The molecule has 1 rings (SSSR count). The van der Waals surface area contributed by atoms with Gasteiger partial charge in [0.05, 0.1) is 12.9 Å². The van der Waals surface area contributed by atoms with E-state index < -0.39 is 10.0 Å². The van der Waals surface area contributed by atoms with Crippen molar-refractivity contribution in [3.8, 4) is 0 Å². The van der Waals surface area contributed by atoms with E-state index in [9.17, 15) is 8.42 Å². The van der Waals surface area contributed by atoms with Gasteiger partial charge in [-0.15, -0.1) is 0 Å². The number of nitrogens with zero attached hydrogens (tertiary/aromatic N) is 1. The Labute approximate surface area is 91.8 Å². The van der Waals surface area contributed by atoms with Gasteiger partial charge >= 0.3 is 0 Å². The van der Waals surface area contributed by atoms with Crippen LogP contribution >= 0.6 is 0 Å². The summed E-state index contributed by atoms with van der Waals surface area (Å²) in [5.41, 5.74) is 2.55. The molecule has 1 aliphatic heterocycles. The molecule has 0 spiro atoms. The molecule has 15 heavy (non-hydrogen) atoms. The standard InChI is InChI=1S/C9H20N2O3S/c1-9-3-6-11(7-4-9)15(12,13)8-5-10-14-2/h9-10H,3-8H2,1-2H3. The van der Waals surface area contributed by atoms with Crippen LogP contribution in [0.5, 0.6) is 0 Å². The number of sulfonamides is 1. The lowest BCUT2D eigenvalue weighted by Crippen LogP contribution is -2.41. The number of piperidine rings is 1. The SMILES string of the molecule is CONCCS(=O)(=O)N1CCC(C)CC1. The van der Waals surface area contributed by atoms with Crippen LogP contribution in [0, 0.1) is 5.92 Å². The Morgan fingerprint density at radius 1 is 1.40 bits per heavy atom. The molecule has 1 heterocycles. The number of hydroxylamine groups is 1. The van der Waals surface area contributed by atoms with Crippen LogP contribution in [0.1, 0.15) is 19.8 Å². The maximum atomic E-state index is 11.8. The highest BCUT2D eigenvalue weighted by molar-refractivity contribution is 7.89. The summed E-state index contributed by atoms with van der Waals surface area (Å²) in [5, 5.41) is 0. The van der Waals surface area contributed by atoms with Gasteiger partial charge in [0.1, 0.15) is 0 Å². The van der Waals surface area contributed by atoms with E-state index in [0.29, 0.717) is 25.6 Å². The van der Waals surface area contributed by atoms with Gasteiger partial charge in [0.15, 0.2) is 0 Å². The minimum absolute atomic E-state index is 0.106. The lowest BCUT2D eigenvalue weighted by Gasteiger charge is -2.29. The Morgan fingerprint density at radius 2 is 2.00 bits per heavy atom. The number of hydrogen-bond donors (Lipinski definition) is 1. The normalized spacial score (nSPS) is 20.7. The summed E-state index contributed by atoms with van der Waals surface area (Å²) >= 11 is 0. The van der Waals surface area contributed by atoms with E-state index in [1.165, 1.54) is 7.11 Å². The Kier molecular flexibility index (Phi) is 4.98. The average molecular weight is 236 g/mol. The van der Waals surface area contributed by atoms with Crippen molar-refractivity contribution in [2.45, 2.75) is 19.8 Å². The minimum Gasteiger partial charge on any atom is -0.305 e. The fourth-order valence-electron chi connectivity index (χ4n) is 1.66. The molecule has 90 valence electrons. The van der Waals surface area contributed by atoms with E-state index in [2.05, 4.69) is 17.2 Å². The van der Waals surface area contributed by atoms with Crippen LogP contribution in [0.15, 0.2) is 0 Å². The van der Waals surface area contributed by atoms with Gasteiger partial charge in [0.25, 0.3) is 0 Å². The first-order chi connectivity index (χ1) is 7.06.